The van der Waals surface area contributed by atoms with Crippen molar-refractivity contribution in [1.29, 1.82) is 0 Å². The van der Waals surface area contributed by atoms with Gasteiger partial charge in [0.15, 0.2) is 0 Å². The fourth-order valence-electron chi connectivity index (χ4n) is 2.06. The molecular formula is C16H16BrClO3. The SMILES string of the molecule is COc1ccc(OC)c(C(Cl)c2ccc(OC)c(Br)c2)c1. The third-order valence-corrected chi connectivity index (χ3v) is 4.29. The molecule has 0 aliphatic heterocycles. The molecule has 0 saturated heterocycles. The van der Waals surface area contributed by atoms with Crippen LogP contribution in [0.5, 0.6) is 17.2 Å². The van der Waals surface area contributed by atoms with E-state index in [0.29, 0.717) is 0 Å². The molecule has 0 N–H and O–H groups in total. The smallest absolute Gasteiger partial charge is 0.133 e. The van der Waals surface area contributed by atoms with Crippen molar-refractivity contribution in [3.05, 3.63) is 52.0 Å². The minimum Gasteiger partial charge on any atom is -0.497 e. The highest BCUT2D eigenvalue weighted by Gasteiger charge is 2.18. The van der Waals surface area contributed by atoms with Crippen LogP contribution in [-0.2, 0) is 0 Å². The summed E-state index contributed by atoms with van der Waals surface area (Å²) in [5.74, 6) is 2.23. The molecule has 3 nitrogen and oxygen atoms in total. The first-order valence-corrected chi connectivity index (χ1v) is 7.53. The van der Waals surface area contributed by atoms with Gasteiger partial charge in [-0.05, 0) is 51.8 Å². The van der Waals surface area contributed by atoms with Crippen LogP contribution in [0.2, 0.25) is 0 Å². The molecule has 0 aliphatic carbocycles. The van der Waals surface area contributed by atoms with E-state index in [4.69, 9.17) is 25.8 Å². The Hall–Kier alpha value is -1.39. The van der Waals surface area contributed by atoms with E-state index in [1.165, 1.54) is 0 Å². The molecule has 0 fully saturated rings. The van der Waals surface area contributed by atoms with Crippen LogP contribution in [-0.4, -0.2) is 21.3 Å². The topological polar surface area (TPSA) is 27.7 Å². The molecule has 0 aromatic heterocycles. The molecule has 1 unspecified atom stereocenters. The van der Waals surface area contributed by atoms with E-state index in [1.54, 1.807) is 21.3 Å². The Labute approximate surface area is 137 Å². The quantitative estimate of drug-likeness (QED) is 0.706. The van der Waals surface area contributed by atoms with Crippen molar-refractivity contribution >= 4 is 27.5 Å². The van der Waals surface area contributed by atoms with E-state index >= 15 is 0 Å². The van der Waals surface area contributed by atoms with Crippen molar-refractivity contribution in [2.24, 2.45) is 0 Å². The molecule has 0 radical (unpaired) electrons. The largest absolute Gasteiger partial charge is 0.497 e. The lowest BCUT2D eigenvalue weighted by Gasteiger charge is -2.16. The van der Waals surface area contributed by atoms with Gasteiger partial charge in [0.1, 0.15) is 17.2 Å². The van der Waals surface area contributed by atoms with E-state index in [0.717, 1.165) is 32.8 Å². The zero-order chi connectivity index (χ0) is 15.4. The molecule has 0 heterocycles. The second-order valence-corrected chi connectivity index (χ2v) is 5.66. The van der Waals surface area contributed by atoms with Crippen LogP contribution in [0, 0.1) is 0 Å². The Kier molecular flexibility index (Phi) is 5.37. The Morgan fingerprint density at radius 2 is 1.57 bits per heavy atom. The number of hydrogen-bond acceptors (Lipinski definition) is 3. The highest BCUT2D eigenvalue weighted by atomic mass is 79.9. The van der Waals surface area contributed by atoms with Crippen LogP contribution in [0.1, 0.15) is 16.5 Å². The molecule has 2 aromatic carbocycles. The molecule has 2 rings (SSSR count). The number of halogens is 2. The van der Waals surface area contributed by atoms with E-state index in [-0.39, 0.29) is 5.38 Å². The molecule has 2 aromatic rings. The zero-order valence-corrected chi connectivity index (χ0v) is 14.4. The van der Waals surface area contributed by atoms with Gasteiger partial charge in [-0.1, -0.05) is 6.07 Å². The molecule has 112 valence electrons. The maximum absolute atomic E-state index is 6.61. The van der Waals surface area contributed by atoms with Crippen molar-refractivity contribution in [3.63, 3.8) is 0 Å². The number of alkyl halides is 1. The number of methoxy groups -OCH3 is 3. The Morgan fingerprint density at radius 1 is 0.905 bits per heavy atom. The van der Waals surface area contributed by atoms with E-state index in [9.17, 15) is 0 Å². The zero-order valence-electron chi connectivity index (χ0n) is 12.0. The van der Waals surface area contributed by atoms with Crippen molar-refractivity contribution in [2.45, 2.75) is 5.38 Å². The fraction of sp³-hybridized carbons (Fsp3) is 0.250. The van der Waals surface area contributed by atoms with Crippen LogP contribution in [0.15, 0.2) is 40.9 Å². The molecule has 1 atom stereocenters. The number of hydrogen-bond donors (Lipinski definition) is 0. The third-order valence-electron chi connectivity index (χ3n) is 3.18. The number of benzene rings is 2. The lowest BCUT2D eigenvalue weighted by atomic mass is 10.0. The van der Waals surface area contributed by atoms with Gasteiger partial charge in [0.25, 0.3) is 0 Å². The summed E-state index contributed by atoms with van der Waals surface area (Å²) >= 11 is 10.1. The van der Waals surface area contributed by atoms with E-state index < -0.39 is 0 Å². The highest BCUT2D eigenvalue weighted by Crippen LogP contribution is 2.39. The molecule has 0 spiro atoms. The Morgan fingerprint density at radius 3 is 2.14 bits per heavy atom. The van der Waals surface area contributed by atoms with Gasteiger partial charge in [0.05, 0.1) is 31.2 Å². The predicted octanol–water partition coefficient (Wildman–Crippen LogP) is 4.80. The van der Waals surface area contributed by atoms with E-state index in [1.807, 2.05) is 36.4 Å². The Balaban J connectivity index is 2.43. The standard InChI is InChI=1S/C16H16BrClO3/c1-19-11-5-7-14(20-2)12(9-11)16(18)10-4-6-15(21-3)13(17)8-10/h4-9,16H,1-3H3. The monoisotopic (exact) mass is 370 g/mol. The molecular weight excluding hydrogens is 356 g/mol. The van der Waals surface area contributed by atoms with Crippen LogP contribution >= 0.6 is 27.5 Å². The number of ether oxygens (including phenoxy) is 3. The van der Waals surface area contributed by atoms with Crippen LogP contribution in [0.4, 0.5) is 0 Å². The summed E-state index contributed by atoms with van der Waals surface area (Å²) in [5.41, 5.74) is 1.80. The van der Waals surface area contributed by atoms with Crippen LogP contribution in [0.25, 0.3) is 0 Å². The van der Waals surface area contributed by atoms with Gasteiger partial charge in [0.2, 0.25) is 0 Å². The first kappa shape index (κ1) is 16.0. The molecule has 5 heteroatoms. The van der Waals surface area contributed by atoms with Crippen molar-refractivity contribution in [3.8, 4) is 17.2 Å². The maximum Gasteiger partial charge on any atom is 0.133 e. The average Bonchev–Trinajstić information content (AvgIpc) is 2.53. The summed E-state index contributed by atoms with van der Waals surface area (Å²) in [6.45, 7) is 0. The minimum atomic E-state index is -0.350. The Bertz CT molecular complexity index is 631. The summed E-state index contributed by atoms with van der Waals surface area (Å²) < 4.78 is 16.7. The normalized spacial score (nSPS) is 11.9. The highest BCUT2D eigenvalue weighted by molar-refractivity contribution is 9.10. The summed E-state index contributed by atoms with van der Waals surface area (Å²) in [5, 5.41) is -0.350. The molecule has 0 saturated carbocycles. The predicted molar refractivity (Wildman–Crippen MR) is 87.9 cm³/mol. The van der Waals surface area contributed by atoms with Gasteiger partial charge in [-0.25, -0.2) is 0 Å². The average molecular weight is 372 g/mol. The first-order chi connectivity index (χ1) is 10.1. The van der Waals surface area contributed by atoms with Crippen LogP contribution < -0.4 is 14.2 Å². The molecule has 0 bridgehead atoms. The summed E-state index contributed by atoms with van der Waals surface area (Å²) in [7, 11) is 4.88. The second kappa shape index (κ2) is 7.05. The summed E-state index contributed by atoms with van der Waals surface area (Å²) in [4.78, 5) is 0. The van der Waals surface area contributed by atoms with Crippen molar-refractivity contribution in [2.75, 3.05) is 21.3 Å². The summed E-state index contributed by atoms with van der Waals surface area (Å²) in [6.07, 6.45) is 0. The maximum atomic E-state index is 6.61. The van der Waals surface area contributed by atoms with E-state index in [2.05, 4.69) is 15.9 Å². The lowest BCUT2D eigenvalue weighted by Crippen LogP contribution is -1.99. The van der Waals surface area contributed by atoms with Gasteiger partial charge < -0.3 is 14.2 Å². The number of rotatable bonds is 5. The van der Waals surface area contributed by atoms with Crippen LogP contribution in [0.3, 0.4) is 0 Å². The van der Waals surface area contributed by atoms with Crippen molar-refractivity contribution in [1.82, 2.24) is 0 Å². The van der Waals surface area contributed by atoms with Gasteiger partial charge in [-0.3, -0.25) is 0 Å². The summed E-state index contributed by atoms with van der Waals surface area (Å²) in [6, 6.07) is 11.3. The van der Waals surface area contributed by atoms with Gasteiger partial charge in [0, 0.05) is 5.56 Å². The van der Waals surface area contributed by atoms with Gasteiger partial charge >= 0.3 is 0 Å². The second-order valence-electron chi connectivity index (χ2n) is 4.36. The molecule has 21 heavy (non-hydrogen) atoms. The van der Waals surface area contributed by atoms with Gasteiger partial charge in [-0.2, -0.15) is 0 Å². The molecule has 0 amide bonds. The minimum absolute atomic E-state index is 0.350. The molecule has 0 aliphatic rings. The van der Waals surface area contributed by atoms with Crippen molar-refractivity contribution < 1.29 is 14.2 Å². The lowest BCUT2D eigenvalue weighted by molar-refractivity contribution is 0.399. The fourth-order valence-corrected chi connectivity index (χ4v) is 2.92. The van der Waals surface area contributed by atoms with Gasteiger partial charge in [-0.15, -0.1) is 11.6 Å². The first-order valence-electron chi connectivity index (χ1n) is 6.30. The third kappa shape index (κ3) is 3.44.